The lowest BCUT2D eigenvalue weighted by molar-refractivity contribution is 0.144. The minimum atomic E-state index is -0.139. The van der Waals surface area contributed by atoms with Crippen LogP contribution in [0.15, 0.2) is 23.1 Å². The zero-order valence-corrected chi connectivity index (χ0v) is 8.15. The molecule has 2 rings (SSSR count). The van der Waals surface area contributed by atoms with Crippen molar-refractivity contribution in [2.45, 2.75) is 18.9 Å². The van der Waals surface area contributed by atoms with Crippen LogP contribution in [0.1, 0.15) is 18.6 Å². The number of aliphatic hydroxyl groups is 1. The van der Waals surface area contributed by atoms with Gasteiger partial charge in [0, 0.05) is 19.2 Å². The molecule has 1 aromatic heterocycles. The molecular weight excluding hydrogens is 178 g/mol. The second kappa shape index (κ2) is 3.88. The second-order valence-corrected chi connectivity index (χ2v) is 3.60. The molecule has 0 bridgehead atoms. The molecule has 1 N–H and O–H groups in total. The first-order valence-electron chi connectivity index (χ1n) is 4.95. The maximum absolute atomic E-state index is 9.35. The van der Waals surface area contributed by atoms with Crippen LogP contribution in [0.25, 0.3) is 6.08 Å². The van der Waals surface area contributed by atoms with Gasteiger partial charge >= 0.3 is 0 Å². The largest absolute Gasteiger partial charge is 0.441 e. The monoisotopic (exact) mass is 193 g/mol. The van der Waals surface area contributed by atoms with Crippen LogP contribution in [0.4, 0.5) is 5.88 Å². The van der Waals surface area contributed by atoms with Gasteiger partial charge in [0.2, 0.25) is 0 Å². The summed E-state index contributed by atoms with van der Waals surface area (Å²) in [6, 6.07) is 3.86. The third-order valence-electron chi connectivity index (χ3n) is 2.59. The van der Waals surface area contributed by atoms with Crippen molar-refractivity contribution >= 4 is 12.0 Å². The van der Waals surface area contributed by atoms with E-state index in [1.54, 1.807) is 6.08 Å². The quantitative estimate of drug-likeness (QED) is 0.779. The molecule has 3 heteroatoms. The zero-order chi connectivity index (χ0) is 9.97. The first-order chi connectivity index (χ1) is 6.79. The van der Waals surface area contributed by atoms with Gasteiger partial charge in [0.1, 0.15) is 5.76 Å². The molecule has 14 heavy (non-hydrogen) atoms. The third-order valence-corrected chi connectivity index (χ3v) is 2.59. The number of hydrogen-bond donors (Lipinski definition) is 1. The van der Waals surface area contributed by atoms with Gasteiger partial charge in [-0.3, -0.25) is 0 Å². The summed E-state index contributed by atoms with van der Waals surface area (Å²) in [5, 5.41) is 9.35. The predicted octanol–water partition coefficient (Wildman–Crippen LogP) is 1.88. The molecule has 3 nitrogen and oxygen atoms in total. The average molecular weight is 193 g/mol. The van der Waals surface area contributed by atoms with Gasteiger partial charge in [-0.25, -0.2) is 0 Å². The number of aliphatic hydroxyl groups excluding tert-OH is 1. The summed E-state index contributed by atoms with van der Waals surface area (Å²) < 4.78 is 5.53. The smallest absolute Gasteiger partial charge is 0.196 e. The van der Waals surface area contributed by atoms with Crippen molar-refractivity contribution in [3.8, 4) is 0 Å². The fourth-order valence-electron chi connectivity index (χ4n) is 1.71. The Balaban J connectivity index is 2.04. The summed E-state index contributed by atoms with van der Waals surface area (Å²) in [7, 11) is 0. The number of piperidine rings is 1. The Morgan fingerprint density at radius 3 is 2.71 bits per heavy atom. The molecule has 2 heterocycles. The van der Waals surface area contributed by atoms with Gasteiger partial charge in [-0.05, 0) is 25.0 Å². The van der Waals surface area contributed by atoms with Gasteiger partial charge < -0.3 is 14.4 Å². The molecule has 0 aliphatic carbocycles. The van der Waals surface area contributed by atoms with E-state index in [2.05, 4.69) is 11.5 Å². The Bertz CT molecular complexity index is 311. The van der Waals surface area contributed by atoms with Crippen LogP contribution in [-0.4, -0.2) is 24.3 Å². The maximum atomic E-state index is 9.35. The molecule has 1 saturated heterocycles. The first-order valence-corrected chi connectivity index (χ1v) is 4.95. The highest BCUT2D eigenvalue weighted by atomic mass is 16.4. The molecule has 0 amide bonds. The standard InChI is InChI=1S/C11H15NO2/c1-2-10-3-4-11(14-10)12-7-5-9(13)6-8-12/h2-4,9,13H,1,5-8H2. The molecule has 0 aromatic carbocycles. The van der Waals surface area contributed by atoms with Crippen LogP contribution in [0.3, 0.4) is 0 Å². The SMILES string of the molecule is C=Cc1ccc(N2CCC(O)CC2)o1. The van der Waals surface area contributed by atoms with Gasteiger partial charge in [-0.1, -0.05) is 6.58 Å². The molecule has 1 fully saturated rings. The molecule has 0 unspecified atom stereocenters. The maximum Gasteiger partial charge on any atom is 0.196 e. The van der Waals surface area contributed by atoms with Crippen LogP contribution >= 0.6 is 0 Å². The minimum absolute atomic E-state index is 0.139. The van der Waals surface area contributed by atoms with Crippen LogP contribution in [0, 0.1) is 0 Å². The Labute approximate surface area is 83.6 Å². The van der Waals surface area contributed by atoms with Crippen molar-refractivity contribution in [1.29, 1.82) is 0 Å². The number of anilines is 1. The molecule has 76 valence electrons. The highest BCUT2D eigenvalue weighted by Gasteiger charge is 2.18. The fourth-order valence-corrected chi connectivity index (χ4v) is 1.71. The molecule has 0 saturated carbocycles. The summed E-state index contributed by atoms with van der Waals surface area (Å²) in [6.07, 6.45) is 3.20. The summed E-state index contributed by atoms with van der Waals surface area (Å²) in [5.74, 6) is 1.68. The normalized spacial score (nSPS) is 18.5. The molecule has 1 aliphatic heterocycles. The van der Waals surface area contributed by atoms with Gasteiger partial charge in [0.05, 0.1) is 6.10 Å². The zero-order valence-electron chi connectivity index (χ0n) is 8.15. The van der Waals surface area contributed by atoms with E-state index in [0.29, 0.717) is 0 Å². The number of nitrogens with zero attached hydrogens (tertiary/aromatic N) is 1. The van der Waals surface area contributed by atoms with Crippen LogP contribution in [-0.2, 0) is 0 Å². The fraction of sp³-hybridized carbons (Fsp3) is 0.455. The minimum Gasteiger partial charge on any atom is -0.441 e. The highest BCUT2D eigenvalue weighted by molar-refractivity contribution is 5.46. The Kier molecular flexibility index (Phi) is 2.59. The molecule has 0 atom stereocenters. The summed E-state index contributed by atoms with van der Waals surface area (Å²) >= 11 is 0. The van der Waals surface area contributed by atoms with E-state index in [9.17, 15) is 5.11 Å². The highest BCUT2D eigenvalue weighted by Crippen LogP contribution is 2.22. The van der Waals surface area contributed by atoms with Crippen molar-refractivity contribution in [3.05, 3.63) is 24.5 Å². The predicted molar refractivity (Wildman–Crippen MR) is 56.3 cm³/mol. The van der Waals surface area contributed by atoms with Gasteiger partial charge in [-0.2, -0.15) is 0 Å². The topological polar surface area (TPSA) is 36.6 Å². The van der Waals surface area contributed by atoms with Gasteiger partial charge in [0.15, 0.2) is 5.88 Å². The van der Waals surface area contributed by atoms with Crippen molar-refractivity contribution in [2.24, 2.45) is 0 Å². The van der Waals surface area contributed by atoms with Crippen LogP contribution in [0.5, 0.6) is 0 Å². The van der Waals surface area contributed by atoms with E-state index in [1.807, 2.05) is 12.1 Å². The van der Waals surface area contributed by atoms with E-state index < -0.39 is 0 Å². The van der Waals surface area contributed by atoms with E-state index in [0.717, 1.165) is 37.6 Å². The number of hydrogen-bond acceptors (Lipinski definition) is 3. The lowest BCUT2D eigenvalue weighted by Gasteiger charge is -2.29. The van der Waals surface area contributed by atoms with E-state index in [4.69, 9.17) is 4.42 Å². The third kappa shape index (κ3) is 1.82. The lowest BCUT2D eigenvalue weighted by Crippen LogP contribution is -2.35. The first kappa shape index (κ1) is 9.34. The lowest BCUT2D eigenvalue weighted by atomic mass is 10.1. The second-order valence-electron chi connectivity index (χ2n) is 3.60. The number of rotatable bonds is 2. The molecule has 1 aromatic rings. The molecular formula is C11H15NO2. The summed E-state index contributed by atoms with van der Waals surface area (Å²) in [6.45, 7) is 5.38. The van der Waals surface area contributed by atoms with Crippen LogP contribution < -0.4 is 4.90 Å². The van der Waals surface area contributed by atoms with Gasteiger partial charge in [-0.15, -0.1) is 0 Å². The van der Waals surface area contributed by atoms with E-state index >= 15 is 0 Å². The van der Waals surface area contributed by atoms with Crippen LogP contribution in [0.2, 0.25) is 0 Å². The molecule has 0 spiro atoms. The summed E-state index contributed by atoms with van der Waals surface area (Å²) in [5.41, 5.74) is 0. The van der Waals surface area contributed by atoms with Gasteiger partial charge in [0.25, 0.3) is 0 Å². The Morgan fingerprint density at radius 1 is 1.43 bits per heavy atom. The average Bonchev–Trinajstić information content (AvgIpc) is 2.67. The summed E-state index contributed by atoms with van der Waals surface area (Å²) in [4.78, 5) is 2.15. The Hall–Kier alpha value is -1.22. The van der Waals surface area contributed by atoms with Crippen molar-refractivity contribution in [2.75, 3.05) is 18.0 Å². The Morgan fingerprint density at radius 2 is 2.14 bits per heavy atom. The van der Waals surface area contributed by atoms with E-state index in [1.165, 1.54) is 0 Å². The van der Waals surface area contributed by atoms with Crippen molar-refractivity contribution in [3.63, 3.8) is 0 Å². The van der Waals surface area contributed by atoms with Crippen molar-refractivity contribution < 1.29 is 9.52 Å². The molecule has 0 radical (unpaired) electrons. The number of furan rings is 1. The van der Waals surface area contributed by atoms with Crippen molar-refractivity contribution in [1.82, 2.24) is 0 Å². The molecule has 1 aliphatic rings. The van der Waals surface area contributed by atoms with E-state index in [-0.39, 0.29) is 6.10 Å².